The van der Waals surface area contributed by atoms with E-state index >= 15 is 0 Å². The molecular weight excluding hydrogens is 244 g/mol. The number of carboxylic acid groups (broad SMARTS) is 1. The lowest BCUT2D eigenvalue weighted by molar-refractivity contribution is -0.337. The fourth-order valence-electron chi connectivity index (χ4n) is 1.37. The van der Waals surface area contributed by atoms with Crippen LogP contribution in [0.25, 0.3) is 0 Å². The van der Waals surface area contributed by atoms with E-state index in [2.05, 4.69) is 26.9 Å². The third kappa shape index (κ3) is 2.51. The molecule has 1 fully saturated rings. The Morgan fingerprint density at radius 2 is 2.25 bits per heavy atom. The average Bonchev–Trinajstić information content (AvgIpc) is 2.21. The predicted octanol–water partition coefficient (Wildman–Crippen LogP) is -1.73. The fourth-order valence-corrected chi connectivity index (χ4v) is 1.47. The largest absolute Gasteiger partial charge is 0.477 e. The molecule has 1 heterocycles. The van der Waals surface area contributed by atoms with E-state index in [-0.39, 0.29) is 6.29 Å². The first-order valence-electron chi connectivity index (χ1n) is 4.18. The molecule has 9 heteroatoms. The van der Waals surface area contributed by atoms with E-state index in [1.807, 2.05) is 0 Å². The highest BCUT2D eigenvalue weighted by molar-refractivity contribution is 7.74. The fraction of sp³-hybridized carbons (Fsp3) is 0.714. The molecule has 8 nitrogen and oxygen atoms in total. The molecule has 1 unspecified atom stereocenters. The number of hydrogen-bond donors (Lipinski definition) is 4. The standard InChI is InChI=1S/C7H10O8S/c8-2-4-5(14-15-16)3(9)1-7(12,13-4)6(10)11/h2-5,9,12,16H,1H2,(H,10,11)/t3-,4?,5+,7-/m1/s1. The van der Waals surface area contributed by atoms with Gasteiger partial charge in [0.05, 0.1) is 6.10 Å². The first kappa shape index (κ1) is 13.4. The summed E-state index contributed by atoms with van der Waals surface area (Å²) in [5.74, 6) is -4.33. The van der Waals surface area contributed by atoms with Crippen LogP contribution in [0.2, 0.25) is 0 Å². The number of aliphatic carboxylic acids is 1. The lowest BCUT2D eigenvalue weighted by Crippen LogP contribution is -2.59. The Bertz CT molecular complexity index is 284. The molecule has 0 radical (unpaired) electrons. The van der Waals surface area contributed by atoms with Crippen molar-refractivity contribution >= 4 is 25.2 Å². The molecule has 1 aliphatic heterocycles. The Morgan fingerprint density at radius 1 is 1.62 bits per heavy atom. The summed E-state index contributed by atoms with van der Waals surface area (Å²) in [6.07, 6.45) is -4.65. The summed E-state index contributed by atoms with van der Waals surface area (Å²) in [7, 11) is 0. The first-order valence-corrected chi connectivity index (χ1v) is 4.55. The van der Waals surface area contributed by atoms with Crippen molar-refractivity contribution in [2.75, 3.05) is 0 Å². The number of carbonyl (C=O) groups is 2. The molecule has 1 saturated heterocycles. The zero-order chi connectivity index (χ0) is 12.3. The number of aliphatic hydroxyl groups excluding tert-OH is 1. The highest BCUT2D eigenvalue weighted by atomic mass is 32.1. The van der Waals surface area contributed by atoms with E-state index < -0.39 is 36.5 Å². The van der Waals surface area contributed by atoms with E-state index in [4.69, 9.17) is 5.11 Å². The molecule has 16 heavy (non-hydrogen) atoms. The highest BCUT2D eigenvalue weighted by Gasteiger charge is 2.51. The maximum Gasteiger partial charge on any atom is 0.364 e. The van der Waals surface area contributed by atoms with Crippen LogP contribution in [-0.2, 0) is 23.5 Å². The number of aliphatic hydroxyl groups is 2. The van der Waals surface area contributed by atoms with E-state index in [9.17, 15) is 19.8 Å². The molecule has 1 aliphatic rings. The SMILES string of the molecule is O=CC1O[C@@](O)(C(=O)O)C[C@@H](O)[C@@H]1OOS. The predicted molar refractivity (Wildman–Crippen MR) is 49.1 cm³/mol. The van der Waals surface area contributed by atoms with Crippen molar-refractivity contribution < 1.29 is 38.9 Å². The topological polar surface area (TPSA) is 123 Å². The first-order chi connectivity index (χ1) is 7.44. The average molecular weight is 254 g/mol. The maximum atomic E-state index is 10.7. The highest BCUT2D eigenvalue weighted by Crippen LogP contribution is 2.29. The zero-order valence-electron chi connectivity index (χ0n) is 7.85. The molecule has 0 aromatic heterocycles. The molecule has 0 saturated carbocycles. The summed E-state index contributed by atoms with van der Waals surface area (Å²) in [6, 6.07) is 0. The molecule has 92 valence electrons. The van der Waals surface area contributed by atoms with Gasteiger partial charge in [0.15, 0.2) is 12.4 Å². The van der Waals surface area contributed by atoms with Gasteiger partial charge in [-0.25, -0.2) is 9.68 Å². The van der Waals surface area contributed by atoms with Crippen LogP contribution in [0.3, 0.4) is 0 Å². The van der Waals surface area contributed by atoms with Crippen molar-refractivity contribution in [1.82, 2.24) is 0 Å². The van der Waals surface area contributed by atoms with Gasteiger partial charge in [-0.3, -0.25) is 0 Å². The summed E-state index contributed by atoms with van der Waals surface area (Å²) in [6.45, 7) is 0. The summed E-state index contributed by atoms with van der Waals surface area (Å²) < 4.78 is 8.59. The van der Waals surface area contributed by atoms with Gasteiger partial charge in [-0.15, -0.1) is 0 Å². The summed E-state index contributed by atoms with van der Waals surface area (Å²) in [4.78, 5) is 25.7. The van der Waals surface area contributed by atoms with Gasteiger partial charge in [0, 0.05) is 19.3 Å². The number of carboxylic acids is 1. The lowest BCUT2D eigenvalue weighted by Gasteiger charge is -2.38. The van der Waals surface area contributed by atoms with Gasteiger partial charge in [0.2, 0.25) is 0 Å². The van der Waals surface area contributed by atoms with Crippen LogP contribution in [0.4, 0.5) is 0 Å². The molecule has 1 rings (SSSR count). The molecule has 0 bridgehead atoms. The van der Waals surface area contributed by atoms with Gasteiger partial charge >= 0.3 is 5.97 Å². The van der Waals surface area contributed by atoms with E-state index in [0.29, 0.717) is 0 Å². The quantitative estimate of drug-likeness (QED) is 0.153. The van der Waals surface area contributed by atoms with Crippen LogP contribution < -0.4 is 0 Å². The Hall–Kier alpha value is -0.710. The second-order valence-corrected chi connectivity index (χ2v) is 3.36. The van der Waals surface area contributed by atoms with Crippen molar-refractivity contribution in [1.29, 1.82) is 0 Å². The van der Waals surface area contributed by atoms with Crippen LogP contribution in [0.1, 0.15) is 6.42 Å². The number of carbonyl (C=O) groups excluding carboxylic acids is 1. The van der Waals surface area contributed by atoms with Crippen molar-refractivity contribution in [3.8, 4) is 0 Å². The second-order valence-electron chi connectivity index (χ2n) is 3.21. The summed E-state index contributed by atoms with van der Waals surface area (Å²) >= 11 is 3.25. The number of aldehydes is 1. The van der Waals surface area contributed by atoms with Gasteiger partial charge in [0.1, 0.15) is 6.10 Å². The van der Waals surface area contributed by atoms with Crippen molar-refractivity contribution in [2.45, 2.75) is 30.5 Å². The third-order valence-corrected chi connectivity index (χ3v) is 2.23. The van der Waals surface area contributed by atoms with E-state index in [1.54, 1.807) is 0 Å². The summed E-state index contributed by atoms with van der Waals surface area (Å²) in [5, 5.41) is 27.6. The minimum absolute atomic E-state index is 0.188. The van der Waals surface area contributed by atoms with Crippen molar-refractivity contribution in [2.24, 2.45) is 0 Å². The van der Waals surface area contributed by atoms with Gasteiger partial charge in [-0.05, 0) is 0 Å². The van der Waals surface area contributed by atoms with Crippen LogP contribution >= 0.6 is 12.9 Å². The van der Waals surface area contributed by atoms with Crippen LogP contribution in [0, 0.1) is 0 Å². The van der Waals surface area contributed by atoms with E-state index in [0.717, 1.165) is 0 Å². The zero-order valence-corrected chi connectivity index (χ0v) is 8.74. The molecule has 4 atom stereocenters. The minimum atomic E-state index is -2.62. The van der Waals surface area contributed by atoms with Crippen LogP contribution in [0.15, 0.2) is 0 Å². The Morgan fingerprint density at radius 3 is 2.69 bits per heavy atom. The Balaban J connectivity index is 2.85. The maximum absolute atomic E-state index is 10.7. The monoisotopic (exact) mass is 254 g/mol. The van der Waals surface area contributed by atoms with Crippen LogP contribution in [0.5, 0.6) is 0 Å². The number of thiol groups is 1. The normalized spacial score (nSPS) is 39.3. The van der Waals surface area contributed by atoms with Gasteiger partial charge in [0.25, 0.3) is 5.79 Å². The third-order valence-electron chi connectivity index (χ3n) is 2.14. The van der Waals surface area contributed by atoms with Gasteiger partial charge < -0.3 is 24.9 Å². The molecule has 3 N–H and O–H groups in total. The Kier molecular flexibility index (Phi) is 4.24. The van der Waals surface area contributed by atoms with E-state index in [1.165, 1.54) is 0 Å². The smallest absolute Gasteiger partial charge is 0.364 e. The van der Waals surface area contributed by atoms with Crippen LogP contribution in [-0.4, -0.2) is 51.7 Å². The number of hydrogen-bond acceptors (Lipinski definition) is 8. The molecule has 0 spiro atoms. The number of rotatable bonds is 4. The number of ether oxygens (including phenoxy) is 1. The van der Waals surface area contributed by atoms with Crippen molar-refractivity contribution in [3.63, 3.8) is 0 Å². The summed E-state index contributed by atoms with van der Waals surface area (Å²) in [5.41, 5.74) is 0. The lowest BCUT2D eigenvalue weighted by atomic mass is 9.96. The Labute approximate surface area is 95.3 Å². The van der Waals surface area contributed by atoms with Gasteiger partial charge in [-0.1, -0.05) is 0 Å². The second kappa shape index (κ2) is 5.08. The molecule has 0 amide bonds. The minimum Gasteiger partial charge on any atom is -0.477 e. The van der Waals surface area contributed by atoms with Crippen molar-refractivity contribution in [3.05, 3.63) is 0 Å². The molecule has 0 aromatic carbocycles. The molecule has 0 aromatic rings. The van der Waals surface area contributed by atoms with Gasteiger partial charge in [-0.2, -0.15) is 4.33 Å². The molecular formula is C7H10O8S. The molecule has 0 aliphatic carbocycles.